The minimum Gasteiger partial charge on any atom is -0.356 e. The zero-order valence-electron chi connectivity index (χ0n) is 5.60. The molecule has 0 aliphatic carbocycles. The highest BCUT2D eigenvalue weighted by Gasteiger charge is 2.28. The van der Waals surface area contributed by atoms with Crippen molar-refractivity contribution < 1.29 is 4.74 Å². The van der Waals surface area contributed by atoms with E-state index in [1.165, 1.54) is 38.6 Å². The molecule has 2 fully saturated rings. The Labute approximate surface area is 55.8 Å². The molecule has 0 N–H and O–H groups in total. The summed E-state index contributed by atoms with van der Waals surface area (Å²) in [6, 6.07) is 0. The maximum Gasteiger partial charge on any atom is 0.164 e. The van der Waals surface area contributed by atoms with Gasteiger partial charge in [0.2, 0.25) is 0 Å². The largest absolute Gasteiger partial charge is 0.356 e. The van der Waals surface area contributed by atoms with Crippen LogP contribution in [0, 0.1) is 6.23 Å². The molecule has 2 nitrogen and oxygen atoms in total. The smallest absolute Gasteiger partial charge is 0.164 e. The second-order valence-corrected chi connectivity index (χ2v) is 2.69. The molecule has 2 heteroatoms. The summed E-state index contributed by atoms with van der Waals surface area (Å²) in [5, 5.41) is 0. The fraction of sp³-hybridized carbons (Fsp3) is 0.857. The summed E-state index contributed by atoms with van der Waals surface area (Å²) < 4.78 is 5.40. The van der Waals surface area contributed by atoms with Gasteiger partial charge in [-0.3, -0.25) is 4.90 Å². The first-order chi connectivity index (χ1) is 4.47. The normalized spacial score (nSPS) is 30.7. The quantitative estimate of drug-likeness (QED) is 0.519. The van der Waals surface area contributed by atoms with Gasteiger partial charge in [-0.15, -0.1) is 0 Å². The first kappa shape index (κ1) is 5.69. The van der Waals surface area contributed by atoms with Crippen LogP contribution in [-0.4, -0.2) is 24.6 Å². The monoisotopic (exact) mass is 126 g/mol. The Bertz CT molecular complexity index is 95.1. The van der Waals surface area contributed by atoms with Crippen molar-refractivity contribution in [3.8, 4) is 0 Å². The van der Waals surface area contributed by atoms with Crippen molar-refractivity contribution >= 4 is 0 Å². The van der Waals surface area contributed by atoms with Gasteiger partial charge in [0.25, 0.3) is 0 Å². The molecule has 0 aromatic heterocycles. The molecule has 0 unspecified atom stereocenters. The molecule has 2 aliphatic heterocycles. The van der Waals surface area contributed by atoms with E-state index in [1.807, 2.05) is 0 Å². The number of hydrogen-bond donors (Lipinski definition) is 0. The molecule has 0 spiro atoms. The predicted molar refractivity (Wildman–Crippen MR) is 34.6 cm³/mol. The first-order valence-electron chi connectivity index (χ1n) is 3.70. The van der Waals surface area contributed by atoms with Crippen LogP contribution in [0.4, 0.5) is 0 Å². The highest BCUT2D eigenvalue weighted by molar-refractivity contribution is 4.88. The summed E-state index contributed by atoms with van der Waals surface area (Å²) in [5.74, 6) is 0. The fourth-order valence-corrected chi connectivity index (χ4v) is 1.30. The first-order valence-corrected chi connectivity index (χ1v) is 3.70. The molecule has 0 saturated carbocycles. The molecular formula is C7H12NO. The second kappa shape index (κ2) is 2.27. The van der Waals surface area contributed by atoms with Crippen molar-refractivity contribution in [2.45, 2.75) is 19.3 Å². The molecule has 2 aliphatic rings. The van der Waals surface area contributed by atoms with E-state index < -0.39 is 0 Å². The van der Waals surface area contributed by atoms with Crippen LogP contribution in [0.3, 0.4) is 0 Å². The highest BCUT2D eigenvalue weighted by Crippen LogP contribution is 2.27. The Morgan fingerprint density at radius 1 is 1.22 bits per heavy atom. The Morgan fingerprint density at radius 3 is 2.56 bits per heavy atom. The Morgan fingerprint density at radius 2 is 2.11 bits per heavy atom. The SMILES string of the molecule is C1CO[C](N2CCC2)C1. The van der Waals surface area contributed by atoms with Crippen LogP contribution < -0.4 is 0 Å². The lowest BCUT2D eigenvalue weighted by molar-refractivity contribution is 0.0363. The fourth-order valence-electron chi connectivity index (χ4n) is 1.30. The third kappa shape index (κ3) is 0.970. The second-order valence-electron chi connectivity index (χ2n) is 2.69. The van der Waals surface area contributed by atoms with Gasteiger partial charge < -0.3 is 4.74 Å². The van der Waals surface area contributed by atoms with Crippen LogP contribution in [0.15, 0.2) is 0 Å². The number of rotatable bonds is 1. The lowest BCUT2D eigenvalue weighted by Gasteiger charge is -2.34. The van der Waals surface area contributed by atoms with Gasteiger partial charge >= 0.3 is 0 Å². The van der Waals surface area contributed by atoms with E-state index >= 15 is 0 Å². The minimum atomic E-state index is 0.950. The van der Waals surface area contributed by atoms with E-state index in [0.29, 0.717) is 0 Å². The zero-order valence-corrected chi connectivity index (χ0v) is 5.60. The van der Waals surface area contributed by atoms with Crippen LogP contribution >= 0.6 is 0 Å². The molecule has 9 heavy (non-hydrogen) atoms. The molecule has 0 amide bonds. The van der Waals surface area contributed by atoms with Crippen molar-refractivity contribution in [2.24, 2.45) is 0 Å². The predicted octanol–water partition coefficient (Wildman–Crippen LogP) is 0.992. The van der Waals surface area contributed by atoms with E-state index in [-0.39, 0.29) is 0 Å². The maximum absolute atomic E-state index is 5.40. The van der Waals surface area contributed by atoms with Crippen LogP contribution in [-0.2, 0) is 4.74 Å². The number of ether oxygens (including phenoxy) is 1. The van der Waals surface area contributed by atoms with Crippen molar-refractivity contribution in [1.82, 2.24) is 4.90 Å². The van der Waals surface area contributed by atoms with E-state index in [2.05, 4.69) is 4.90 Å². The average Bonchev–Trinajstić information content (AvgIpc) is 2.11. The Kier molecular flexibility index (Phi) is 1.44. The average molecular weight is 126 g/mol. The molecule has 51 valence electrons. The summed E-state index contributed by atoms with van der Waals surface area (Å²) in [4.78, 5) is 2.34. The van der Waals surface area contributed by atoms with Crippen molar-refractivity contribution in [3.05, 3.63) is 6.23 Å². The van der Waals surface area contributed by atoms with E-state index in [9.17, 15) is 0 Å². The molecule has 1 radical (unpaired) electrons. The van der Waals surface area contributed by atoms with Gasteiger partial charge in [-0.2, -0.15) is 0 Å². The Balaban J connectivity index is 1.82. The van der Waals surface area contributed by atoms with Crippen molar-refractivity contribution in [1.29, 1.82) is 0 Å². The molecule has 0 aromatic carbocycles. The summed E-state index contributed by atoms with van der Waals surface area (Å²) >= 11 is 0. The molecular weight excluding hydrogens is 114 g/mol. The lowest BCUT2D eigenvalue weighted by atomic mass is 10.2. The van der Waals surface area contributed by atoms with E-state index in [4.69, 9.17) is 4.74 Å². The van der Waals surface area contributed by atoms with Crippen molar-refractivity contribution in [2.75, 3.05) is 19.7 Å². The number of hydrogen-bond acceptors (Lipinski definition) is 2. The molecule has 2 saturated heterocycles. The van der Waals surface area contributed by atoms with Crippen LogP contribution in [0.5, 0.6) is 0 Å². The summed E-state index contributed by atoms with van der Waals surface area (Å²) in [6.45, 7) is 3.41. The minimum absolute atomic E-state index is 0.950. The van der Waals surface area contributed by atoms with Gasteiger partial charge in [-0.05, 0) is 19.3 Å². The van der Waals surface area contributed by atoms with Gasteiger partial charge in [0, 0.05) is 19.7 Å². The summed E-state index contributed by atoms with van der Waals surface area (Å²) in [6.07, 6.45) is 5.01. The topological polar surface area (TPSA) is 12.5 Å². The molecule has 2 heterocycles. The molecule has 2 rings (SSSR count). The lowest BCUT2D eigenvalue weighted by Crippen LogP contribution is -2.39. The van der Waals surface area contributed by atoms with Crippen LogP contribution in [0.1, 0.15) is 19.3 Å². The third-order valence-electron chi connectivity index (χ3n) is 2.01. The summed E-state index contributed by atoms with van der Waals surface area (Å²) in [5.41, 5.74) is 0. The van der Waals surface area contributed by atoms with Gasteiger partial charge in [-0.25, -0.2) is 0 Å². The van der Waals surface area contributed by atoms with Gasteiger partial charge in [0.15, 0.2) is 6.23 Å². The standard InChI is InChI=1S/C7H12NO/c1-3-7(9-6-1)8-4-2-5-8/h1-6H2. The van der Waals surface area contributed by atoms with Gasteiger partial charge in [0.05, 0.1) is 0 Å². The van der Waals surface area contributed by atoms with Gasteiger partial charge in [0.1, 0.15) is 0 Å². The van der Waals surface area contributed by atoms with Crippen LogP contribution in [0.2, 0.25) is 0 Å². The van der Waals surface area contributed by atoms with E-state index in [1.54, 1.807) is 0 Å². The molecule has 0 bridgehead atoms. The number of nitrogens with zero attached hydrogens (tertiary/aromatic N) is 1. The van der Waals surface area contributed by atoms with Gasteiger partial charge in [-0.1, -0.05) is 0 Å². The maximum atomic E-state index is 5.40. The van der Waals surface area contributed by atoms with E-state index in [0.717, 1.165) is 6.61 Å². The highest BCUT2D eigenvalue weighted by atomic mass is 16.5. The van der Waals surface area contributed by atoms with Crippen molar-refractivity contribution in [3.63, 3.8) is 0 Å². The van der Waals surface area contributed by atoms with Crippen LogP contribution in [0.25, 0.3) is 0 Å². The zero-order chi connectivity index (χ0) is 6.10. The molecule has 0 atom stereocenters. The Hall–Kier alpha value is -0.0800. The summed E-state index contributed by atoms with van der Waals surface area (Å²) in [7, 11) is 0. The molecule has 0 aromatic rings. The number of likely N-dealkylation sites (tertiary alicyclic amines) is 1. The third-order valence-corrected chi connectivity index (χ3v) is 2.01.